The second-order valence-electron chi connectivity index (χ2n) is 5.90. The summed E-state index contributed by atoms with van der Waals surface area (Å²) < 4.78 is 27.1. The molecule has 1 aliphatic heterocycles. The first-order valence-electron chi connectivity index (χ1n) is 6.40. The van der Waals surface area contributed by atoms with Crippen molar-refractivity contribution < 1.29 is 13.7 Å². The second kappa shape index (κ2) is 5.75. The zero-order chi connectivity index (χ0) is 15.0. The van der Waals surface area contributed by atoms with Crippen LogP contribution in [-0.2, 0) is 21.3 Å². The van der Waals surface area contributed by atoms with Crippen LogP contribution in [0.2, 0.25) is 0 Å². The molecule has 112 valence electrons. The summed E-state index contributed by atoms with van der Waals surface area (Å²) in [5, 5.41) is 0. The van der Waals surface area contributed by atoms with E-state index in [4.69, 9.17) is 9.47 Å². The van der Waals surface area contributed by atoms with Crippen LogP contribution in [-0.4, -0.2) is 29.3 Å². The minimum absolute atomic E-state index is 0.328. The predicted molar refractivity (Wildman–Crippen MR) is 84.2 cm³/mol. The molecule has 1 saturated heterocycles. The van der Waals surface area contributed by atoms with E-state index < -0.39 is 16.5 Å². The van der Waals surface area contributed by atoms with Gasteiger partial charge in [0.05, 0.1) is 36.1 Å². The Hall–Kier alpha value is -0.430. The SMILES string of the molecule is COc1cc(Br)ccc1C1(NS(=O)C(C)(C)C)COC1. The van der Waals surface area contributed by atoms with Crippen LogP contribution < -0.4 is 9.46 Å². The topological polar surface area (TPSA) is 47.6 Å². The van der Waals surface area contributed by atoms with E-state index in [-0.39, 0.29) is 4.75 Å². The molecule has 0 bridgehead atoms. The maximum Gasteiger partial charge on any atom is 0.125 e. The predicted octanol–water partition coefficient (Wildman–Crippen LogP) is 2.74. The summed E-state index contributed by atoms with van der Waals surface area (Å²) in [6.07, 6.45) is 0. The highest BCUT2D eigenvalue weighted by Crippen LogP contribution is 2.38. The molecule has 1 unspecified atom stereocenters. The lowest BCUT2D eigenvalue weighted by atomic mass is 9.88. The smallest absolute Gasteiger partial charge is 0.125 e. The Balaban J connectivity index is 2.34. The van der Waals surface area contributed by atoms with E-state index in [2.05, 4.69) is 20.7 Å². The molecule has 1 aromatic rings. The summed E-state index contributed by atoms with van der Waals surface area (Å²) in [5.41, 5.74) is 0.538. The molecule has 2 rings (SSSR count). The monoisotopic (exact) mass is 361 g/mol. The molecule has 1 heterocycles. The molecule has 0 spiro atoms. The van der Waals surface area contributed by atoms with Crippen LogP contribution in [0.1, 0.15) is 26.3 Å². The third-order valence-corrected chi connectivity index (χ3v) is 5.40. The molecule has 4 nitrogen and oxygen atoms in total. The van der Waals surface area contributed by atoms with E-state index in [1.54, 1.807) is 7.11 Å². The largest absolute Gasteiger partial charge is 0.496 e. The summed E-state index contributed by atoms with van der Waals surface area (Å²) >= 11 is 3.43. The van der Waals surface area contributed by atoms with Crippen molar-refractivity contribution in [3.8, 4) is 5.75 Å². The maximum absolute atomic E-state index is 12.4. The number of halogens is 1. The van der Waals surface area contributed by atoms with Gasteiger partial charge in [0.25, 0.3) is 0 Å². The standard InChI is InChI=1S/C14H20BrNO3S/c1-13(2,3)20(17)16-14(8-19-9-14)11-6-5-10(15)7-12(11)18-4/h5-7,16H,8-9H2,1-4H3. The summed E-state index contributed by atoms with van der Waals surface area (Å²) in [4.78, 5) is 0. The van der Waals surface area contributed by atoms with Crippen LogP contribution >= 0.6 is 15.9 Å². The number of benzene rings is 1. The van der Waals surface area contributed by atoms with E-state index in [1.807, 2.05) is 39.0 Å². The van der Waals surface area contributed by atoms with E-state index in [0.29, 0.717) is 13.2 Å². The summed E-state index contributed by atoms with van der Waals surface area (Å²) in [6, 6.07) is 5.86. The normalized spacial score (nSPS) is 19.2. The quantitative estimate of drug-likeness (QED) is 0.896. The van der Waals surface area contributed by atoms with Gasteiger partial charge >= 0.3 is 0 Å². The fraction of sp³-hybridized carbons (Fsp3) is 0.571. The van der Waals surface area contributed by atoms with Gasteiger partial charge in [0, 0.05) is 10.0 Å². The zero-order valence-corrected chi connectivity index (χ0v) is 14.6. The van der Waals surface area contributed by atoms with Gasteiger partial charge in [-0.25, -0.2) is 8.93 Å². The Bertz CT molecular complexity index is 524. The molecule has 0 amide bonds. The van der Waals surface area contributed by atoms with Crippen LogP contribution in [0.5, 0.6) is 5.75 Å². The van der Waals surface area contributed by atoms with Crippen molar-refractivity contribution in [2.45, 2.75) is 31.1 Å². The van der Waals surface area contributed by atoms with Crippen molar-refractivity contribution in [1.82, 2.24) is 4.72 Å². The second-order valence-corrected chi connectivity index (χ2v) is 8.78. The molecule has 6 heteroatoms. The Morgan fingerprint density at radius 2 is 2.05 bits per heavy atom. The number of hydrogen-bond donors (Lipinski definition) is 1. The van der Waals surface area contributed by atoms with Gasteiger partial charge in [0.15, 0.2) is 0 Å². The molecular weight excluding hydrogens is 342 g/mol. The molecule has 0 aromatic heterocycles. The Labute approximate surface area is 130 Å². The molecule has 1 aliphatic rings. The minimum Gasteiger partial charge on any atom is -0.496 e. The highest BCUT2D eigenvalue weighted by Gasteiger charge is 2.45. The van der Waals surface area contributed by atoms with Crippen molar-refractivity contribution in [3.63, 3.8) is 0 Å². The fourth-order valence-electron chi connectivity index (χ4n) is 1.97. The highest BCUT2D eigenvalue weighted by molar-refractivity contribution is 9.10. The van der Waals surface area contributed by atoms with Gasteiger partial charge in [0.1, 0.15) is 11.3 Å². The van der Waals surface area contributed by atoms with Gasteiger partial charge in [-0.1, -0.05) is 22.0 Å². The van der Waals surface area contributed by atoms with Gasteiger partial charge in [-0.2, -0.15) is 0 Å². The van der Waals surface area contributed by atoms with E-state index in [0.717, 1.165) is 15.8 Å². The maximum atomic E-state index is 12.4. The van der Waals surface area contributed by atoms with Crippen molar-refractivity contribution in [3.05, 3.63) is 28.2 Å². The molecule has 0 aliphatic carbocycles. The third kappa shape index (κ3) is 3.08. The van der Waals surface area contributed by atoms with Crippen molar-refractivity contribution >= 4 is 26.9 Å². The number of rotatable bonds is 4. The molecular formula is C14H20BrNO3S. The molecule has 0 radical (unpaired) electrons. The van der Waals surface area contributed by atoms with E-state index in [1.165, 1.54) is 0 Å². The average Bonchev–Trinajstić information content (AvgIpc) is 2.32. The fourth-order valence-corrected chi connectivity index (χ4v) is 3.20. The Morgan fingerprint density at radius 1 is 1.40 bits per heavy atom. The number of hydrogen-bond acceptors (Lipinski definition) is 3. The molecule has 20 heavy (non-hydrogen) atoms. The average molecular weight is 362 g/mol. The van der Waals surface area contributed by atoms with Gasteiger partial charge < -0.3 is 9.47 Å². The van der Waals surface area contributed by atoms with Crippen molar-refractivity contribution in [1.29, 1.82) is 0 Å². The number of ether oxygens (including phenoxy) is 2. The lowest BCUT2D eigenvalue weighted by Crippen LogP contribution is -2.60. The third-order valence-electron chi connectivity index (χ3n) is 3.22. The highest BCUT2D eigenvalue weighted by atomic mass is 79.9. The van der Waals surface area contributed by atoms with Crippen molar-refractivity contribution in [2.24, 2.45) is 0 Å². The first-order chi connectivity index (χ1) is 9.28. The number of methoxy groups -OCH3 is 1. The lowest BCUT2D eigenvalue weighted by Gasteiger charge is -2.43. The van der Waals surface area contributed by atoms with Gasteiger partial charge in [-0.3, -0.25) is 0 Å². The molecule has 0 saturated carbocycles. The van der Waals surface area contributed by atoms with Crippen molar-refractivity contribution in [2.75, 3.05) is 20.3 Å². The van der Waals surface area contributed by atoms with Gasteiger partial charge in [-0.05, 0) is 32.9 Å². The van der Waals surface area contributed by atoms with Crippen LogP contribution in [0.3, 0.4) is 0 Å². The summed E-state index contributed by atoms with van der Waals surface area (Å²) in [6.45, 7) is 6.83. The Morgan fingerprint density at radius 3 is 2.50 bits per heavy atom. The summed E-state index contributed by atoms with van der Waals surface area (Å²) in [5.74, 6) is 0.765. The summed E-state index contributed by atoms with van der Waals surface area (Å²) in [7, 11) is 0.469. The first-order valence-corrected chi connectivity index (χ1v) is 8.34. The number of nitrogens with one attached hydrogen (secondary N) is 1. The molecule has 1 N–H and O–H groups in total. The molecule has 1 aromatic carbocycles. The first kappa shape index (κ1) is 15.9. The lowest BCUT2D eigenvalue weighted by molar-refractivity contribution is -0.0668. The zero-order valence-electron chi connectivity index (χ0n) is 12.2. The van der Waals surface area contributed by atoms with Crippen LogP contribution in [0, 0.1) is 0 Å². The van der Waals surface area contributed by atoms with Crippen LogP contribution in [0.15, 0.2) is 22.7 Å². The van der Waals surface area contributed by atoms with E-state index in [9.17, 15) is 4.21 Å². The van der Waals surface area contributed by atoms with E-state index >= 15 is 0 Å². The molecule has 1 atom stereocenters. The van der Waals surface area contributed by atoms with Gasteiger partial charge in [0.2, 0.25) is 0 Å². The Kier molecular flexibility index (Phi) is 4.59. The van der Waals surface area contributed by atoms with Crippen LogP contribution in [0.25, 0.3) is 0 Å². The minimum atomic E-state index is -1.17. The molecule has 1 fully saturated rings. The van der Waals surface area contributed by atoms with Crippen LogP contribution in [0.4, 0.5) is 0 Å². The van der Waals surface area contributed by atoms with Gasteiger partial charge in [-0.15, -0.1) is 0 Å².